The van der Waals surface area contributed by atoms with Gasteiger partial charge in [-0.1, -0.05) is 18.2 Å². The Morgan fingerprint density at radius 1 is 1.17 bits per heavy atom. The van der Waals surface area contributed by atoms with Crippen molar-refractivity contribution < 1.29 is 19.0 Å². The summed E-state index contributed by atoms with van der Waals surface area (Å²) >= 11 is 1.66. The third-order valence-electron chi connectivity index (χ3n) is 3.93. The monoisotopic (exact) mass is 346 g/mol. The number of unbranched alkanes of at least 4 members (excludes halogenated alkanes) is 1. The Balaban J connectivity index is 1.30. The Hall–Kier alpha value is -1.85. The Labute approximate surface area is 146 Å². The first-order valence-electron chi connectivity index (χ1n) is 8.34. The van der Waals surface area contributed by atoms with Crippen molar-refractivity contribution in [2.24, 2.45) is 0 Å². The van der Waals surface area contributed by atoms with Crippen LogP contribution in [0, 0.1) is 0 Å². The molecule has 24 heavy (non-hydrogen) atoms. The highest BCUT2D eigenvalue weighted by molar-refractivity contribution is 7.10. The molecule has 1 aliphatic rings. The number of rotatable bonds is 8. The van der Waals surface area contributed by atoms with Crippen LogP contribution in [0.1, 0.15) is 35.8 Å². The van der Waals surface area contributed by atoms with Crippen molar-refractivity contribution in [3.8, 4) is 5.75 Å². The van der Waals surface area contributed by atoms with E-state index < -0.39 is 0 Å². The molecule has 1 unspecified atom stereocenters. The minimum absolute atomic E-state index is 0.136. The number of benzene rings is 1. The van der Waals surface area contributed by atoms with Gasteiger partial charge in [-0.25, -0.2) is 0 Å². The van der Waals surface area contributed by atoms with Gasteiger partial charge in [-0.15, -0.1) is 11.3 Å². The maximum Gasteiger partial charge on any atom is 0.308 e. The molecular weight excluding hydrogens is 324 g/mol. The van der Waals surface area contributed by atoms with Crippen molar-refractivity contribution in [3.63, 3.8) is 0 Å². The summed E-state index contributed by atoms with van der Waals surface area (Å²) in [7, 11) is 0. The number of ether oxygens (including phenoxy) is 3. The predicted octanol–water partition coefficient (Wildman–Crippen LogP) is 4.15. The van der Waals surface area contributed by atoms with E-state index in [1.54, 1.807) is 11.3 Å². The molecule has 1 atom stereocenters. The number of fused-ring (bicyclic) bond motifs is 1. The summed E-state index contributed by atoms with van der Waals surface area (Å²) in [4.78, 5) is 13.1. The maximum absolute atomic E-state index is 12.0. The van der Waals surface area contributed by atoms with Gasteiger partial charge in [-0.3, -0.25) is 4.79 Å². The molecule has 4 nitrogen and oxygen atoms in total. The lowest BCUT2D eigenvalue weighted by Crippen LogP contribution is -2.18. The highest BCUT2D eigenvalue weighted by Gasteiger charge is 2.25. The fourth-order valence-corrected chi connectivity index (χ4v) is 3.69. The van der Waals surface area contributed by atoms with Crippen molar-refractivity contribution in [3.05, 3.63) is 52.2 Å². The second-order valence-electron chi connectivity index (χ2n) is 5.71. The fraction of sp³-hybridized carbons (Fsp3) is 0.421. The van der Waals surface area contributed by atoms with Gasteiger partial charge in [0.1, 0.15) is 11.9 Å². The van der Waals surface area contributed by atoms with Gasteiger partial charge in [0.05, 0.1) is 26.2 Å². The number of esters is 1. The zero-order chi connectivity index (χ0) is 16.6. The van der Waals surface area contributed by atoms with Crippen LogP contribution in [0.25, 0.3) is 0 Å². The number of para-hydroxylation sites is 1. The summed E-state index contributed by atoms with van der Waals surface area (Å²) < 4.78 is 16.6. The van der Waals surface area contributed by atoms with E-state index in [1.165, 1.54) is 10.4 Å². The number of carbonyl (C=O) groups is 1. The normalized spacial score (nSPS) is 16.4. The van der Waals surface area contributed by atoms with Crippen LogP contribution in [-0.4, -0.2) is 25.8 Å². The van der Waals surface area contributed by atoms with Crippen LogP contribution in [0.3, 0.4) is 0 Å². The Bertz CT molecular complexity index is 638. The smallest absolute Gasteiger partial charge is 0.308 e. The molecule has 0 N–H and O–H groups in total. The zero-order valence-corrected chi connectivity index (χ0v) is 14.4. The average Bonchev–Trinajstić information content (AvgIpc) is 3.09. The van der Waals surface area contributed by atoms with Crippen molar-refractivity contribution in [2.75, 3.05) is 19.8 Å². The van der Waals surface area contributed by atoms with Gasteiger partial charge in [0, 0.05) is 4.88 Å². The van der Waals surface area contributed by atoms with Crippen molar-refractivity contribution in [1.29, 1.82) is 0 Å². The average molecular weight is 346 g/mol. The number of hydrogen-bond acceptors (Lipinski definition) is 5. The highest BCUT2D eigenvalue weighted by atomic mass is 32.1. The summed E-state index contributed by atoms with van der Waals surface area (Å²) in [6.07, 6.45) is 2.76. The van der Waals surface area contributed by atoms with E-state index in [-0.39, 0.29) is 12.1 Å². The first-order valence-corrected chi connectivity index (χ1v) is 9.22. The van der Waals surface area contributed by atoms with Gasteiger partial charge >= 0.3 is 5.97 Å². The molecule has 1 aromatic heterocycles. The molecular formula is C19H22O4S. The van der Waals surface area contributed by atoms with Gasteiger partial charge in [0.15, 0.2) is 0 Å². The summed E-state index contributed by atoms with van der Waals surface area (Å²) in [5, 5.41) is 2.06. The Kier molecular flexibility index (Phi) is 6.26. The van der Waals surface area contributed by atoms with Crippen molar-refractivity contribution in [2.45, 2.75) is 31.8 Å². The lowest BCUT2D eigenvalue weighted by atomic mass is 10.1. The van der Waals surface area contributed by atoms with Crippen molar-refractivity contribution in [1.82, 2.24) is 0 Å². The lowest BCUT2D eigenvalue weighted by molar-refractivity contribution is -0.147. The molecule has 2 heterocycles. The summed E-state index contributed by atoms with van der Waals surface area (Å²) in [6.45, 7) is 1.74. The summed E-state index contributed by atoms with van der Waals surface area (Å²) in [5.41, 5.74) is 1.31. The molecule has 0 spiro atoms. The Morgan fingerprint density at radius 3 is 2.88 bits per heavy atom. The van der Waals surface area contributed by atoms with Gasteiger partial charge in [-0.2, -0.15) is 0 Å². The highest BCUT2D eigenvalue weighted by Crippen LogP contribution is 2.34. The van der Waals surface area contributed by atoms with Gasteiger partial charge in [-0.05, 0) is 48.4 Å². The van der Waals surface area contributed by atoms with E-state index in [0.29, 0.717) is 26.2 Å². The summed E-state index contributed by atoms with van der Waals surface area (Å²) in [5.74, 6) is 0.681. The minimum atomic E-state index is -0.190. The molecule has 128 valence electrons. The zero-order valence-electron chi connectivity index (χ0n) is 13.6. The van der Waals surface area contributed by atoms with Crippen LogP contribution in [-0.2, 0) is 20.7 Å². The second-order valence-corrected chi connectivity index (χ2v) is 6.66. The molecule has 1 aromatic carbocycles. The molecule has 1 aliphatic heterocycles. The molecule has 0 fully saturated rings. The van der Waals surface area contributed by atoms with E-state index in [2.05, 4.69) is 11.4 Å². The van der Waals surface area contributed by atoms with Crippen LogP contribution in [0.5, 0.6) is 5.75 Å². The molecule has 2 aromatic rings. The SMILES string of the molecule is O=C(CC1OCCc2ccsc21)OCCCCOc1ccccc1. The lowest BCUT2D eigenvalue weighted by Gasteiger charge is -2.22. The van der Waals surface area contributed by atoms with Crippen LogP contribution in [0.2, 0.25) is 0 Å². The van der Waals surface area contributed by atoms with E-state index in [9.17, 15) is 4.79 Å². The third kappa shape index (κ3) is 4.82. The van der Waals surface area contributed by atoms with Gasteiger partial charge < -0.3 is 14.2 Å². The topological polar surface area (TPSA) is 44.8 Å². The molecule has 0 bridgehead atoms. The molecule has 0 amide bonds. The predicted molar refractivity (Wildman–Crippen MR) is 93.5 cm³/mol. The minimum Gasteiger partial charge on any atom is -0.494 e. The molecule has 0 saturated heterocycles. The second kappa shape index (κ2) is 8.85. The third-order valence-corrected chi connectivity index (χ3v) is 4.98. The Morgan fingerprint density at radius 2 is 2.00 bits per heavy atom. The first-order chi connectivity index (χ1) is 11.8. The van der Waals surface area contributed by atoms with E-state index in [0.717, 1.165) is 25.0 Å². The van der Waals surface area contributed by atoms with E-state index in [1.807, 2.05) is 30.3 Å². The molecule has 5 heteroatoms. The largest absolute Gasteiger partial charge is 0.494 e. The van der Waals surface area contributed by atoms with Gasteiger partial charge in [0.2, 0.25) is 0 Å². The van der Waals surface area contributed by atoms with Crippen LogP contribution < -0.4 is 4.74 Å². The first kappa shape index (κ1) is 17.0. The molecule has 0 radical (unpaired) electrons. The molecule has 3 rings (SSSR count). The maximum atomic E-state index is 12.0. The number of carbonyl (C=O) groups excluding carboxylic acids is 1. The van der Waals surface area contributed by atoms with Gasteiger partial charge in [0.25, 0.3) is 0 Å². The van der Waals surface area contributed by atoms with Crippen molar-refractivity contribution >= 4 is 17.3 Å². The van der Waals surface area contributed by atoms with E-state index in [4.69, 9.17) is 14.2 Å². The van der Waals surface area contributed by atoms with Crippen LogP contribution in [0.4, 0.5) is 0 Å². The molecule has 0 saturated carbocycles. The standard InChI is InChI=1S/C19H22O4S/c20-18(14-17-19-15(8-12-22-17)9-13-24-19)23-11-5-4-10-21-16-6-2-1-3-7-16/h1-3,6-7,9,13,17H,4-5,8,10-12,14H2. The number of hydrogen-bond donors (Lipinski definition) is 0. The summed E-state index contributed by atoms with van der Waals surface area (Å²) in [6, 6.07) is 11.8. The van der Waals surface area contributed by atoms with Crippen LogP contribution >= 0.6 is 11.3 Å². The molecule has 0 aliphatic carbocycles. The number of thiophene rings is 1. The fourth-order valence-electron chi connectivity index (χ4n) is 2.68. The van der Waals surface area contributed by atoms with E-state index >= 15 is 0 Å². The quantitative estimate of drug-likeness (QED) is 0.532. The van der Waals surface area contributed by atoms with Crippen LogP contribution in [0.15, 0.2) is 41.8 Å².